The van der Waals surface area contributed by atoms with E-state index in [0.29, 0.717) is 41.5 Å². The van der Waals surface area contributed by atoms with E-state index in [1.54, 1.807) is 42.6 Å². The van der Waals surface area contributed by atoms with Crippen LogP contribution >= 0.6 is 0 Å². The van der Waals surface area contributed by atoms with Gasteiger partial charge in [-0.1, -0.05) is 30.3 Å². The molecule has 0 aliphatic heterocycles. The molecule has 0 unspecified atom stereocenters. The Labute approximate surface area is 209 Å². The minimum absolute atomic E-state index is 0.312. The monoisotopic (exact) mass is 484 g/mol. The van der Waals surface area contributed by atoms with Gasteiger partial charge in [0.15, 0.2) is 5.65 Å². The van der Waals surface area contributed by atoms with Gasteiger partial charge in [-0.05, 0) is 68.1 Å². The van der Waals surface area contributed by atoms with Crippen LogP contribution in [0.3, 0.4) is 0 Å². The van der Waals surface area contributed by atoms with Crippen LogP contribution in [0.2, 0.25) is 0 Å². The number of hydrogen-bond acceptors (Lipinski definition) is 6. The van der Waals surface area contributed by atoms with Crippen molar-refractivity contribution >= 4 is 29.1 Å². The summed E-state index contributed by atoms with van der Waals surface area (Å²) >= 11 is 0. The Balaban J connectivity index is 1.32. The van der Waals surface area contributed by atoms with Gasteiger partial charge in [-0.15, -0.1) is 0 Å². The van der Waals surface area contributed by atoms with Crippen molar-refractivity contribution in [3.8, 4) is 17.0 Å². The molecule has 0 saturated carbocycles. The van der Waals surface area contributed by atoms with Gasteiger partial charge in [0.05, 0.1) is 11.9 Å². The molecule has 184 valence electrons. The van der Waals surface area contributed by atoms with Crippen LogP contribution in [-0.4, -0.2) is 40.2 Å². The van der Waals surface area contributed by atoms with Gasteiger partial charge in [-0.3, -0.25) is 10.3 Å². The number of ether oxygens (including phenoxy) is 1. The summed E-state index contributed by atoms with van der Waals surface area (Å²) in [6, 6.07) is 20.4. The van der Waals surface area contributed by atoms with Gasteiger partial charge in [-0.2, -0.15) is 0 Å². The van der Waals surface area contributed by atoms with Gasteiger partial charge < -0.3 is 15.4 Å². The molecule has 0 saturated heterocycles. The highest BCUT2D eigenvalue weighted by atomic mass is 16.6. The zero-order valence-corrected chi connectivity index (χ0v) is 20.0. The molecule has 0 bridgehead atoms. The topological polar surface area (TPSA) is 118 Å². The van der Waals surface area contributed by atoms with E-state index in [1.807, 2.05) is 25.1 Å². The highest BCUT2D eigenvalue weighted by molar-refractivity contribution is 5.89. The van der Waals surface area contributed by atoms with Crippen molar-refractivity contribution in [2.45, 2.75) is 26.2 Å². The first-order valence-corrected chi connectivity index (χ1v) is 11.9. The lowest BCUT2D eigenvalue weighted by atomic mass is 10.1. The van der Waals surface area contributed by atoms with Crippen LogP contribution in [0.25, 0.3) is 22.4 Å². The lowest BCUT2D eigenvalue weighted by Gasteiger charge is -2.08. The van der Waals surface area contributed by atoms with E-state index in [-0.39, 0.29) is 6.03 Å². The van der Waals surface area contributed by atoms with Gasteiger partial charge >= 0.3 is 12.1 Å². The summed E-state index contributed by atoms with van der Waals surface area (Å²) in [4.78, 5) is 37.3. The third-order valence-electron chi connectivity index (χ3n) is 5.35. The molecule has 4 aromatic rings. The predicted octanol–water partition coefficient (Wildman–Crippen LogP) is 4.94. The Morgan fingerprint density at radius 2 is 1.69 bits per heavy atom. The second-order valence-electron chi connectivity index (χ2n) is 8.06. The molecule has 0 radical (unpaired) electrons. The fourth-order valence-corrected chi connectivity index (χ4v) is 3.55. The standard InChI is InChI=1S/C27H28N6O3/c1-2-28-27(35)36-21-13-11-20(12-14-21)23-18-30-22-15-16-24(32-25(22)31-23)33-26(34)29-17-7-6-10-19-8-4-3-5-9-19/h3-5,8-9,11-16,18H,2,6-7,10,17H2,1H3,(H,28,35)(H2,29,31,32,33,34). The fourth-order valence-electron chi connectivity index (χ4n) is 3.55. The van der Waals surface area contributed by atoms with E-state index in [4.69, 9.17) is 4.74 Å². The smallest absolute Gasteiger partial charge is 0.410 e. The summed E-state index contributed by atoms with van der Waals surface area (Å²) < 4.78 is 5.19. The maximum absolute atomic E-state index is 12.3. The average molecular weight is 485 g/mol. The summed E-state index contributed by atoms with van der Waals surface area (Å²) in [6.07, 6.45) is 4.02. The van der Waals surface area contributed by atoms with Crippen LogP contribution < -0.4 is 20.7 Å². The summed E-state index contributed by atoms with van der Waals surface area (Å²) in [5, 5.41) is 8.19. The van der Waals surface area contributed by atoms with E-state index in [1.165, 1.54) is 5.56 Å². The number of amides is 3. The Hall–Kier alpha value is -4.53. The Morgan fingerprint density at radius 1 is 0.889 bits per heavy atom. The Morgan fingerprint density at radius 3 is 2.47 bits per heavy atom. The minimum atomic E-state index is -0.504. The first kappa shape index (κ1) is 24.6. The van der Waals surface area contributed by atoms with Gasteiger partial charge in [0.1, 0.15) is 17.1 Å². The average Bonchev–Trinajstić information content (AvgIpc) is 2.89. The first-order chi connectivity index (χ1) is 17.6. The molecule has 9 nitrogen and oxygen atoms in total. The van der Waals surface area contributed by atoms with Gasteiger partial charge in [-0.25, -0.2) is 19.6 Å². The summed E-state index contributed by atoms with van der Waals surface area (Å²) in [6.45, 7) is 2.89. The normalized spacial score (nSPS) is 10.6. The first-order valence-electron chi connectivity index (χ1n) is 11.9. The number of nitrogens with one attached hydrogen (secondary N) is 3. The van der Waals surface area contributed by atoms with Crippen LogP contribution in [0.15, 0.2) is 72.9 Å². The van der Waals surface area contributed by atoms with Crippen LogP contribution in [0, 0.1) is 0 Å². The third kappa shape index (κ3) is 6.99. The number of carbonyl (C=O) groups excluding carboxylic acids is 2. The molecule has 0 aliphatic carbocycles. The molecule has 0 atom stereocenters. The highest BCUT2D eigenvalue weighted by Crippen LogP contribution is 2.22. The van der Waals surface area contributed by atoms with E-state index in [9.17, 15) is 9.59 Å². The molecule has 0 spiro atoms. The van der Waals surface area contributed by atoms with Crippen molar-refractivity contribution in [2.75, 3.05) is 18.4 Å². The maximum Gasteiger partial charge on any atom is 0.412 e. The Bertz CT molecular complexity index is 1310. The molecule has 2 heterocycles. The largest absolute Gasteiger partial charge is 0.412 e. The molecule has 2 aromatic carbocycles. The van der Waals surface area contributed by atoms with Crippen molar-refractivity contribution in [1.29, 1.82) is 0 Å². The number of carbonyl (C=O) groups is 2. The molecular formula is C27H28N6O3. The van der Waals surface area contributed by atoms with Crippen molar-refractivity contribution in [3.63, 3.8) is 0 Å². The molecule has 2 aromatic heterocycles. The molecule has 3 N–H and O–H groups in total. The fraction of sp³-hybridized carbons (Fsp3) is 0.222. The molecule has 0 aliphatic rings. The lowest BCUT2D eigenvalue weighted by Crippen LogP contribution is -2.29. The number of anilines is 1. The number of rotatable bonds is 9. The number of benzene rings is 2. The maximum atomic E-state index is 12.3. The van der Waals surface area contributed by atoms with Crippen molar-refractivity contribution in [2.24, 2.45) is 0 Å². The summed E-state index contributed by atoms with van der Waals surface area (Å²) in [5.41, 5.74) is 3.73. The van der Waals surface area contributed by atoms with Crippen molar-refractivity contribution < 1.29 is 14.3 Å². The number of unbranched alkanes of at least 4 members (excludes halogenated alkanes) is 1. The molecular weight excluding hydrogens is 456 g/mol. The van der Waals surface area contributed by atoms with Crippen molar-refractivity contribution in [1.82, 2.24) is 25.6 Å². The molecule has 3 amide bonds. The van der Waals surface area contributed by atoms with E-state index < -0.39 is 6.09 Å². The zero-order chi connectivity index (χ0) is 25.2. The molecule has 4 rings (SSSR count). The number of urea groups is 1. The van der Waals surface area contributed by atoms with E-state index in [2.05, 4.69) is 43.0 Å². The SMILES string of the molecule is CCNC(=O)Oc1ccc(-c2cnc3ccc(NC(=O)NCCCCc4ccccc4)nc3n2)cc1. The number of hydrogen-bond donors (Lipinski definition) is 3. The number of fused-ring (bicyclic) bond motifs is 1. The predicted molar refractivity (Wildman–Crippen MR) is 139 cm³/mol. The molecule has 9 heteroatoms. The Kier molecular flexibility index (Phi) is 8.37. The molecule has 36 heavy (non-hydrogen) atoms. The number of aromatic nitrogens is 3. The van der Waals surface area contributed by atoms with Crippen LogP contribution in [0.1, 0.15) is 25.3 Å². The van der Waals surface area contributed by atoms with E-state index in [0.717, 1.165) is 24.8 Å². The van der Waals surface area contributed by atoms with Gasteiger partial charge in [0.25, 0.3) is 0 Å². The second kappa shape index (κ2) is 12.3. The second-order valence-corrected chi connectivity index (χ2v) is 8.06. The summed E-state index contributed by atoms with van der Waals surface area (Å²) in [7, 11) is 0. The number of nitrogens with zero attached hydrogens (tertiary/aromatic N) is 3. The third-order valence-corrected chi connectivity index (χ3v) is 5.35. The van der Waals surface area contributed by atoms with Crippen LogP contribution in [0.5, 0.6) is 5.75 Å². The van der Waals surface area contributed by atoms with E-state index >= 15 is 0 Å². The van der Waals surface area contributed by atoms with Crippen molar-refractivity contribution in [3.05, 3.63) is 78.5 Å². The summed E-state index contributed by atoms with van der Waals surface area (Å²) in [5.74, 6) is 0.815. The van der Waals surface area contributed by atoms with Gasteiger partial charge in [0.2, 0.25) is 0 Å². The number of pyridine rings is 1. The van der Waals surface area contributed by atoms with Crippen LogP contribution in [-0.2, 0) is 6.42 Å². The number of aryl methyl sites for hydroxylation is 1. The minimum Gasteiger partial charge on any atom is -0.410 e. The zero-order valence-electron chi connectivity index (χ0n) is 20.0. The molecule has 0 fully saturated rings. The highest BCUT2D eigenvalue weighted by Gasteiger charge is 2.09. The lowest BCUT2D eigenvalue weighted by molar-refractivity contribution is 0.201. The quantitative estimate of drug-likeness (QED) is 0.290. The van der Waals surface area contributed by atoms with Crippen LogP contribution in [0.4, 0.5) is 15.4 Å². The van der Waals surface area contributed by atoms with Gasteiger partial charge in [0, 0.05) is 18.7 Å².